The minimum absolute atomic E-state index is 0.421. The molecule has 10 heteroatoms. The van der Waals surface area contributed by atoms with Crippen LogP contribution in [0.1, 0.15) is 5.56 Å². The number of rotatable bonds is 8. The zero-order chi connectivity index (χ0) is 20.1. The summed E-state index contributed by atoms with van der Waals surface area (Å²) >= 11 is 0. The molecule has 28 heavy (non-hydrogen) atoms. The van der Waals surface area contributed by atoms with Crippen molar-refractivity contribution in [2.75, 3.05) is 30.8 Å². The molecule has 0 atom stereocenters. The third kappa shape index (κ3) is 4.78. The molecular formula is C18H21N5O4S. The highest BCUT2D eigenvalue weighted by atomic mass is 32.2. The van der Waals surface area contributed by atoms with E-state index in [1.807, 2.05) is 12.1 Å². The van der Waals surface area contributed by atoms with Crippen molar-refractivity contribution in [2.45, 2.75) is 6.42 Å². The molecule has 0 unspecified atom stereocenters. The van der Waals surface area contributed by atoms with Crippen molar-refractivity contribution in [3.63, 3.8) is 0 Å². The summed E-state index contributed by atoms with van der Waals surface area (Å²) in [4.78, 5) is 8.58. The molecule has 0 saturated heterocycles. The van der Waals surface area contributed by atoms with E-state index < -0.39 is 10.2 Å². The second-order valence-corrected chi connectivity index (χ2v) is 7.26. The van der Waals surface area contributed by atoms with Gasteiger partial charge in [0.15, 0.2) is 11.5 Å². The molecule has 0 aliphatic carbocycles. The molecule has 0 radical (unpaired) electrons. The molecule has 0 fully saturated rings. The molecule has 3 rings (SSSR count). The summed E-state index contributed by atoms with van der Waals surface area (Å²) in [6.07, 6.45) is 2.13. The normalized spacial score (nSPS) is 11.2. The largest absolute Gasteiger partial charge is 0.493 e. The first kappa shape index (κ1) is 19.6. The Morgan fingerprint density at radius 1 is 1.07 bits per heavy atom. The molecular weight excluding hydrogens is 382 g/mol. The molecule has 1 aromatic heterocycles. The molecule has 0 aliphatic rings. The minimum Gasteiger partial charge on any atom is -0.493 e. The van der Waals surface area contributed by atoms with Crippen LogP contribution in [0.25, 0.3) is 10.9 Å². The number of aromatic nitrogens is 2. The number of methoxy groups -OCH3 is 2. The standard InChI is InChI=1S/C18H21N5O4S/c1-26-16-9-14-15(10-17(16)27-2)21-11-22-18(14)20-7-6-12-4-3-5-13(8-12)23-28(19,24)25/h3-5,8-11,23H,6-7H2,1-2H3,(H2,19,24,25)(H,20,21,22). The van der Waals surface area contributed by atoms with Gasteiger partial charge in [-0.3, -0.25) is 4.72 Å². The Bertz CT molecular complexity index is 1090. The molecule has 1 heterocycles. The topological polar surface area (TPSA) is 128 Å². The van der Waals surface area contributed by atoms with Gasteiger partial charge in [-0.05, 0) is 30.2 Å². The first-order valence-corrected chi connectivity index (χ1v) is 9.94. The van der Waals surface area contributed by atoms with E-state index in [9.17, 15) is 8.42 Å². The first-order valence-electron chi connectivity index (χ1n) is 8.39. The lowest BCUT2D eigenvalue weighted by Gasteiger charge is -2.12. The molecule has 0 saturated carbocycles. The smallest absolute Gasteiger partial charge is 0.296 e. The zero-order valence-corrected chi connectivity index (χ0v) is 16.3. The van der Waals surface area contributed by atoms with E-state index in [4.69, 9.17) is 14.6 Å². The maximum Gasteiger partial charge on any atom is 0.296 e. The van der Waals surface area contributed by atoms with Crippen molar-refractivity contribution in [3.05, 3.63) is 48.3 Å². The Hall–Kier alpha value is -3.11. The van der Waals surface area contributed by atoms with Crippen molar-refractivity contribution >= 4 is 32.6 Å². The molecule has 0 bridgehead atoms. The summed E-state index contributed by atoms with van der Waals surface area (Å²) in [7, 11) is -0.654. The second kappa shape index (κ2) is 8.28. The molecule has 0 spiro atoms. The van der Waals surface area contributed by atoms with Crippen LogP contribution in [0.3, 0.4) is 0 Å². The number of nitrogens with zero attached hydrogens (tertiary/aromatic N) is 2. The van der Waals surface area contributed by atoms with Gasteiger partial charge in [-0.15, -0.1) is 0 Å². The Balaban J connectivity index is 1.75. The number of fused-ring (bicyclic) bond motifs is 1. The maximum absolute atomic E-state index is 11.2. The van der Waals surface area contributed by atoms with E-state index in [0.717, 1.165) is 16.5 Å². The maximum atomic E-state index is 11.2. The fourth-order valence-electron chi connectivity index (χ4n) is 2.80. The summed E-state index contributed by atoms with van der Waals surface area (Å²) in [5, 5.41) is 9.10. The lowest BCUT2D eigenvalue weighted by atomic mass is 10.1. The van der Waals surface area contributed by atoms with Crippen molar-refractivity contribution in [1.29, 1.82) is 0 Å². The Labute approximate surface area is 163 Å². The van der Waals surface area contributed by atoms with Gasteiger partial charge in [0.1, 0.15) is 12.1 Å². The highest BCUT2D eigenvalue weighted by Crippen LogP contribution is 2.33. The minimum atomic E-state index is -3.80. The van der Waals surface area contributed by atoms with Crippen LogP contribution in [0.15, 0.2) is 42.7 Å². The highest BCUT2D eigenvalue weighted by molar-refractivity contribution is 7.90. The van der Waals surface area contributed by atoms with E-state index in [2.05, 4.69) is 20.0 Å². The number of nitrogens with one attached hydrogen (secondary N) is 2. The van der Waals surface area contributed by atoms with Gasteiger partial charge < -0.3 is 14.8 Å². The predicted octanol–water partition coefficient (Wildman–Crippen LogP) is 1.92. The van der Waals surface area contributed by atoms with Crippen LogP contribution in [0.4, 0.5) is 11.5 Å². The molecule has 3 aromatic rings. The van der Waals surface area contributed by atoms with Crippen molar-refractivity contribution in [1.82, 2.24) is 9.97 Å². The van der Waals surface area contributed by atoms with Gasteiger partial charge in [-0.1, -0.05) is 12.1 Å². The van der Waals surface area contributed by atoms with Crippen LogP contribution in [0.2, 0.25) is 0 Å². The average Bonchev–Trinajstić information content (AvgIpc) is 2.66. The SMILES string of the molecule is COc1cc2ncnc(NCCc3cccc(NS(N)(=O)=O)c3)c2cc1OC. The van der Waals surface area contributed by atoms with Crippen LogP contribution in [-0.2, 0) is 16.6 Å². The molecule has 4 N–H and O–H groups in total. The van der Waals surface area contributed by atoms with Crippen molar-refractivity contribution in [3.8, 4) is 11.5 Å². The Morgan fingerprint density at radius 2 is 1.82 bits per heavy atom. The number of ether oxygens (including phenoxy) is 2. The molecule has 0 amide bonds. The number of anilines is 2. The molecule has 2 aromatic carbocycles. The van der Waals surface area contributed by atoms with Gasteiger partial charge >= 0.3 is 0 Å². The van der Waals surface area contributed by atoms with Gasteiger partial charge in [0.2, 0.25) is 0 Å². The lowest BCUT2D eigenvalue weighted by molar-refractivity contribution is 0.356. The summed E-state index contributed by atoms with van der Waals surface area (Å²) < 4.78 is 35.2. The summed E-state index contributed by atoms with van der Waals surface area (Å²) in [6.45, 7) is 0.583. The van der Waals surface area contributed by atoms with E-state index in [1.165, 1.54) is 6.33 Å². The highest BCUT2D eigenvalue weighted by Gasteiger charge is 2.11. The number of nitrogens with two attached hydrogens (primary N) is 1. The van der Waals surface area contributed by atoms with E-state index in [0.29, 0.717) is 36.0 Å². The average molecular weight is 403 g/mol. The summed E-state index contributed by atoms with van der Waals surface area (Å²) in [6, 6.07) is 10.7. The molecule has 148 valence electrons. The van der Waals surface area contributed by atoms with Crippen LogP contribution >= 0.6 is 0 Å². The zero-order valence-electron chi connectivity index (χ0n) is 15.5. The number of hydrogen-bond donors (Lipinski definition) is 3. The van der Waals surface area contributed by atoms with Crippen molar-refractivity contribution < 1.29 is 17.9 Å². The monoisotopic (exact) mass is 403 g/mol. The van der Waals surface area contributed by atoms with Gasteiger partial charge in [-0.2, -0.15) is 8.42 Å². The van der Waals surface area contributed by atoms with Crippen LogP contribution < -0.4 is 24.7 Å². The Morgan fingerprint density at radius 3 is 2.54 bits per heavy atom. The third-order valence-electron chi connectivity index (χ3n) is 4.03. The second-order valence-electron chi connectivity index (χ2n) is 5.97. The van der Waals surface area contributed by atoms with Crippen molar-refractivity contribution in [2.24, 2.45) is 5.14 Å². The number of benzene rings is 2. The van der Waals surface area contributed by atoms with E-state index >= 15 is 0 Å². The summed E-state index contributed by atoms with van der Waals surface area (Å²) in [5.41, 5.74) is 2.09. The van der Waals surface area contributed by atoms with E-state index in [1.54, 1.807) is 38.5 Å². The summed E-state index contributed by atoms with van der Waals surface area (Å²) in [5.74, 6) is 1.86. The first-order chi connectivity index (χ1) is 13.4. The van der Waals surface area contributed by atoms with Gasteiger partial charge in [-0.25, -0.2) is 15.1 Å². The van der Waals surface area contributed by atoms with Crippen LogP contribution in [0.5, 0.6) is 11.5 Å². The quantitative estimate of drug-likeness (QED) is 0.524. The molecule has 9 nitrogen and oxygen atoms in total. The van der Waals surface area contributed by atoms with Gasteiger partial charge in [0, 0.05) is 23.7 Å². The Kier molecular flexibility index (Phi) is 5.81. The number of hydrogen-bond acceptors (Lipinski definition) is 7. The molecule has 0 aliphatic heterocycles. The fraction of sp³-hybridized carbons (Fsp3) is 0.222. The van der Waals surface area contributed by atoms with Gasteiger partial charge in [0.25, 0.3) is 10.2 Å². The lowest BCUT2D eigenvalue weighted by Crippen LogP contribution is -2.21. The van der Waals surface area contributed by atoms with E-state index in [-0.39, 0.29) is 0 Å². The van der Waals surface area contributed by atoms with Gasteiger partial charge in [0.05, 0.1) is 19.7 Å². The van der Waals surface area contributed by atoms with Crippen LogP contribution in [0, 0.1) is 0 Å². The predicted molar refractivity (Wildman–Crippen MR) is 108 cm³/mol. The third-order valence-corrected chi connectivity index (χ3v) is 4.55. The fourth-order valence-corrected chi connectivity index (χ4v) is 3.26. The van der Waals surface area contributed by atoms with Crippen LogP contribution in [-0.4, -0.2) is 39.2 Å².